The van der Waals surface area contributed by atoms with Gasteiger partial charge in [-0.25, -0.2) is 0 Å². The summed E-state index contributed by atoms with van der Waals surface area (Å²) in [5, 5.41) is 3.56. The summed E-state index contributed by atoms with van der Waals surface area (Å²) in [5.41, 5.74) is 1.31. The lowest BCUT2D eigenvalue weighted by molar-refractivity contribution is 0.120. The van der Waals surface area contributed by atoms with E-state index in [0.29, 0.717) is 12.1 Å². The Hall–Kier alpha value is -0.970. The average molecular weight is 262 g/mol. The van der Waals surface area contributed by atoms with E-state index < -0.39 is 0 Å². The van der Waals surface area contributed by atoms with Crippen LogP contribution < -0.4 is 5.32 Å². The third-order valence-corrected chi connectivity index (χ3v) is 3.82. The maximum Gasteiger partial charge on any atom is 0.0354 e. The van der Waals surface area contributed by atoms with Gasteiger partial charge < -0.3 is 10.2 Å². The SMILES string of the molecule is CC1CCNCC(CN(C)C)N1Cc1cccnc1. The minimum atomic E-state index is 0.563. The van der Waals surface area contributed by atoms with Gasteiger partial charge in [0.25, 0.3) is 0 Å². The van der Waals surface area contributed by atoms with E-state index in [1.54, 1.807) is 0 Å². The van der Waals surface area contributed by atoms with Gasteiger partial charge in [-0.1, -0.05) is 6.07 Å². The molecule has 4 heteroatoms. The molecule has 19 heavy (non-hydrogen) atoms. The van der Waals surface area contributed by atoms with E-state index >= 15 is 0 Å². The van der Waals surface area contributed by atoms with Crippen molar-refractivity contribution in [2.24, 2.45) is 0 Å². The second-order valence-electron chi connectivity index (χ2n) is 5.79. The van der Waals surface area contributed by atoms with Gasteiger partial charge >= 0.3 is 0 Å². The monoisotopic (exact) mass is 262 g/mol. The molecule has 1 saturated heterocycles. The molecule has 2 rings (SSSR count). The normalized spacial score (nSPS) is 25.5. The third kappa shape index (κ3) is 4.27. The first-order valence-corrected chi connectivity index (χ1v) is 7.17. The van der Waals surface area contributed by atoms with E-state index in [1.165, 1.54) is 12.0 Å². The Morgan fingerprint density at radius 3 is 3.00 bits per heavy atom. The Morgan fingerprint density at radius 1 is 1.47 bits per heavy atom. The number of nitrogens with one attached hydrogen (secondary N) is 1. The van der Waals surface area contributed by atoms with Crippen LogP contribution in [0.5, 0.6) is 0 Å². The number of hydrogen-bond donors (Lipinski definition) is 1. The van der Waals surface area contributed by atoms with Gasteiger partial charge in [-0.15, -0.1) is 0 Å². The molecule has 0 saturated carbocycles. The highest BCUT2D eigenvalue weighted by Gasteiger charge is 2.26. The summed E-state index contributed by atoms with van der Waals surface area (Å²) in [4.78, 5) is 9.13. The van der Waals surface area contributed by atoms with Crippen LogP contribution in [0.4, 0.5) is 0 Å². The van der Waals surface area contributed by atoms with Crippen LogP contribution in [0, 0.1) is 0 Å². The summed E-state index contributed by atoms with van der Waals surface area (Å²) in [6.07, 6.45) is 5.04. The van der Waals surface area contributed by atoms with Gasteiger partial charge in [0.15, 0.2) is 0 Å². The number of aromatic nitrogens is 1. The summed E-state index contributed by atoms with van der Waals surface area (Å²) in [7, 11) is 4.30. The molecule has 0 radical (unpaired) electrons. The predicted octanol–water partition coefficient (Wildman–Crippen LogP) is 1.20. The number of likely N-dealkylation sites (N-methyl/N-ethyl adjacent to an activating group) is 1. The van der Waals surface area contributed by atoms with Crippen molar-refractivity contribution in [3.8, 4) is 0 Å². The fraction of sp³-hybridized carbons (Fsp3) is 0.667. The molecule has 1 N–H and O–H groups in total. The molecule has 0 bridgehead atoms. The Balaban J connectivity index is 2.10. The topological polar surface area (TPSA) is 31.4 Å². The number of pyridine rings is 1. The molecule has 2 heterocycles. The molecule has 4 nitrogen and oxygen atoms in total. The van der Waals surface area contributed by atoms with Crippen LogP contribution in [0.1, 0.15) is 18.9 Å². The highest BCUT2D eigenvalue weighted by molar-refractivity contribution is 5.09. The maximum absolute atomic E-state index is 4.23. The van der Waals surface area contributed by atoms with Crippen LogP contribution in [0.25, 0.3) is 0 Å². The van der Waals surface area contributed by atoms with Crippen LogP contribution in [0.3, 0.4) is 0 Å². The van der Waals surface area contributed by atoms with Gasteiger partial charge in [-0.05, 0) is 45.6 Å². The molecule has 0 aliphatic carbocycles. The smallest absolute Gasteiger partial charge is 0.0354 e. The quantitative estimate of drug-likeness (QED) is 0.883. The van der Waals surface area contributed by atoms with Crippen LogP contribution in [0.2, 0.25) is 0 Å². The second kappa shape index (κ2) is 6.98. The lowest BCUT2D eigenvalue weighted by Gasteiger charge is -2.35. The van der Waals surface area contributed by atoms with Crippen molar-refractivity contribution in [1.29, 1.82) is 0 Å². The summed E-state index contributed by atoms with van der Waals surface area (Å²) < 4.78 is 0. The van der Waals surface area contributed by atoms with E-state index in [0.717, 1.165) is 26.2 Å². The van der Waals surface area contributed by atoms with Gasteiger partial charge in [0.1, 0.15) is 0 Å². The summed E-state index contributed by atoms with van der Waals surface area (Å²) >= 11 is 0. The highest BCUT2D eigenvalue weighted by Crippen LogP contribution is 2.16. The molecule has 0 spiro atoms. The zero-order valence-electron chi connectivity index (χ0n) is 12.3. The lowest BCUT2D eigenvalue weighted by Crippen LogP contribution is -2.48. The van der Waals surface area contributed by atoms with Gasteiger partial charge in [0.2, 0.25) is 0 Å². The Labute approximate surface area is 116 Å². The first kappa shape index (κ1) is 14.4. The molecule has 0 aromatic carbocycles. The predicted molar refractivity (Wildman–Crippen MR) is 79.1 cm³/mol. The van der Waals surface area contributed by atoms with Crippen molar-refractivity contribution in [3.05, 3.63) is 30.1 Å². The van der Waals surface area contributed by atoms with Gasteiger partial charge in [0.05, 0.1) is 0 Å². The Morgan fingerprint density at radius 2 is 2.32 bits per heavy atom. The minimum absolute atomic E-state index is 0.563. The molecule has 1 aliphatic rings. The third-order valence-electron chi connectivity index (χ3n) is 3.82. The first-order chi connectivity index (χ1) is 9.16. The largest absolute Gasteiger partial charge is 0.315 e. The van der Waals surface area contributed by atoms with E-state index in [2.05, 4.69) is 47.2 Å². The van der Waals surface area contributed by atoms with Crippen molar-refractivity contribution in [1.82, 2.24) is 20.1 Å². The molecule has 2 unspecified atom stereocenters. The minimum Gasteiger partial charge on any atom is -0.315 e. The van der Waals surface area contributed by atoms with E-state index in [4.69, 9.17) is 0 Å². The van der Waals surface area contributed by atoms with Gasteiger partial charge in [0, 0.05) is 44.1 Å². The lowest BCUT2D eigenvalue weighted by atomic mass is 10.1. The zero-order chi connectivity index (χ0) is 13.7. The van der Waals surface area contributed by atoms with Crippen LogP contribution in [0.15, 0.2) is 24.5 Å². The average Bonchev–Trinajstić information content (AvgIpc) is 2.55. The summed E-state index contributed by atoms with van der Waals surface area (Å²) in [5.74, 6) is 0. The van der Waals surface area contributed by atoms with Crippen molar-refractivity contribution in [2.45, 2.75) is 32.0 Å². The standard InChI is InChI=1S/C15H26N4/c1-13-6-8-17-10-15(12-18(2)3)19(13)11-14-5-4-7-16-9-14/h4-5,7,9,13,15,17H,6,8,10-12H2,1-3H3. The molecule has 1 aliphatic heterocycles. The zero-order valence-corrected chi connectivity index (χ0v) is 12.3. The fourth-order valence-corrected chi connectivity index (χ4v) is 2.80. The van der Waals surface area contributed by atoms with Crippen molar-refractivity contribution >= 4 is 0 Å². The van der Waals surface area contributed by atoms with E-state index in [9.17, 15) is 0 Å². The van der Waals surface area contributed by atoms with Crippen molar-refractivity contribution < 1.29 is 0 Å². The van der Waals surface area contributed by atoms with Crippen molar-refractivity contribution in [3.63, 3.8) is 0 Å². The van der Waals surface area contributed by atoms with E-state index in [-0.39, 0.29) is 0 Å². The van der Waals surface area contributed by atoms with E-state index in [1.807, 2.05) is 18.5 Å². The second-order valence-corrected chi connectivity index (χ2v) is 5.79. The number of nitrogens with zero attached hydrogens (tertiary/aromatic N) is 3. The Kier molecular flexibility index (Phi) is 5.31. The number of rotatable bonds is 4. The maximum atomic E-state index is 4.23. The first-order valence-electron chi connectivity index (χ1n) is 7.17. The van der Waals surface area contributed by atoms with Crippen LogP contribution >= 0.6 is 0 Å². The highest BCUT2D eigenvalue weighted by atomic mass is 15.2. The summed E-state index contributed by atoms with van der Waals surface area (Å²) in [6.45, 7) is 6.62. The molecule has 106 valence electrons. The van der Waals surface area contributed by atoms with Gasteiger partial charge in [-0.2, -0.15) is 0 Å². The molecule has 1 fully saturated rings. The molecule has 1 aromatic rings. The van der Waals surface area contributed by atoms with Crippen LogP contribution in [-0.2, 0) is 6.54 Å². The molecular formula is C15H26N4. The molecular weight excluding hydrogens is 236 g/mol. The molecule has 0 amide bonds. The molecule has 1 aromatic heterocycles. The fourth-order valence-electron chi connectivity index (χ4n) is 2.80. The summed E-state index contributed by atoms with van der Waals surface area (Å²) in [6, 6.07) is 5.37. The van der Waals surface area contributed by atoms with Crippen LogP contribution in [-0.4, -0.2) is 60.6 Å². The Bertz CT molecular complexity index is 366. The number of hydrogen-bond acceptors (Lipinski definition) is 4. The van der Waals surface area contributed by atoms with Gasteiger partial charge in [-0.3, -0.25) is 9.88 Å². The molecule has 2 atom stereocenters. The van der Waals surface area contributed by atoms with Crippen molar-refractivity contribution in [2.75, 3.05) is 33.7 Å².